The van der Waals surface area contributed by atoms with E-state index in [1.54, 1.807) is 6.92 Å². The number of unbranched alkanes of at least 4 members (excludes halogenated alkanes) is 2. The first-order chi connectivity index (χ1) is 7.29. The molecule has 16 heavy (non-hydrogen) atoms. The van der Waals surface area contributed by atoms with E-state index in [4.69, 9.17) is 5.11 Å². The van der Waals surface area contributed by atoms with Crippen LogP contribution >= 0.6 is 0 Å². The van der Waals surface area contributed by atoms with Crippen molar-refractivity contribution in [3.05, 3.63) is 0 Å². The van der Waals surface area contributed by atoms with Crippen molar-refractivity contribution in [2.75, 3.05) is 13.1 Å². The third kappa shape index (κ3) is 6.11. The van der Waals surface area contributed by atoms with Gasteiger partial charge in [0.2, 0.25) is 0 Å². The lowest BCUT2D eigenvalue weighted by Crippen LogP contribution is -2.45. The van der Waals surface area contributed by atoms with E-state index in [-0.39, 0.29) is 11.5 Å². The molecular formula is C13H27NO2. The third-order valence-corrected chi connectivity index (χ3v) is 2.90. The van der Waals surface area contributed by atoms with E-state index in [1.165, 1.54) is 12.8 Å². The standard InChI is InChI=1S/C13H27NO2/c1-6-7-8-9-14(13(3,4)5)10-11(2)12(15)16/h11H,6-10H2,1-5H3,(H,15,16). The highest BCUT2D eigenvalue weighted by molar-refractivity contribution is 5.69. The van der Waals surface area contributed by atoms with Gasteiger partial charge in [0.15, 0.2) is 0 Å². The molecule has 0 aliphatic carbocycles. The van der Waals surface area contributed by atoms with Crippen LogP contribution in [-0.4, -0.2) is 34.6 Å². The number of nitrogens with zero attached hydrogens (tertiary/aromatic N) is 1. The van der Waals surface area contributed by atoms with E-state index >= 15 is 0 Å². The summed E-state index contributed by atoms with van der Waals surface area (Å²) in [6.07, 6.45) is 3.57. The van der Waals surface area contributed by atoms with E-state index in [0.717, 1.165) is 13.0 Å². The van der Waals surface area contributed by atoms with Crippen LogP contribution in [0.15, 0.2) is 0 Å². The molecule has 0 aliphatic rings. The van der Waals surface area contributed by atoms with Gasteiger partial charge in [0.05, 0.1) is 5.92 Å². The Morgan fingerprint density at radius 1 is 1.31 bits per heavy atom. The zero-order chi connectivity index (χ0) is 12.8. The second-order valence-corrected chi connectivity index (χ2v) is 5.56. The Bertz CT molecular complexity index is 208. The predicted molar refractivity (Wildman–Crippen MR) is 67.7 cm³/mol. The number of hydrogen-bond donors (Lipinski definition) is 1. The van der Waals surface area contributed by atoms with Gasteiger partial charge in [-0.05, 0) is 33.7 Å². The third-order valence-electron chi connectivity index (χ3n) is 2.90. The topological polar surface area (TPSA) is 40.5 Å². The molecule has 0 radical (unpaired) electrons. The highest BCUT2D eigenvalue weighted by atomic mass is 16.4. The Morgan fingerprint density at radius 3 is 2.25 bits per heavy atom. The van der Waals surface area contributed by atoms with Gasteiger partial charge in [-0.1, -0.05) is 26.7 Å². The summed E-state index contributed by atoms with van der Waals surface area (Å²) < 4.78 is 0. The number of hydrogen-bond acceptors (Lipinski definition) is 2. The molecule has 0 amide bonds. The van der Waals surface area contributed by atoms with Gasteiger partial charge in [-0.25, -0.2) is 0 Å². The van der Waals surface area contributed by atoms with Gasteiger partial charge in [0.1, 0.15) is 0 Å². The summed E-state index contributed by atoms with van der Waals surface area (Å²) in [5.41, 5.74) is 0.0530. The van der Waals surface area contributed by atoms with Crippen molar-refractivity contribution in [2.45, 2.75) is 59.4 Å². The highest BCUT2D eigenvalue weighted by Crippen LogP contribution is 2.16. The quantitative estimate of drug-likeness (QED) is 0.682. The van der Waals surface area contributed by atoms with Gasteiger partial charge < -0.3 is 5.11 Å². The minimum absolute atomic E-state index is 0.0530. The Labute approximate surface area is 99.8 Å². The summed E-state index contributed by atoms with van der Waals surface area (Å²) in [4.78, 5) is 13.1. The van der Waals surface area contributed by atoms with Crippen LogP contribution in [0, 0.1) is 5.92 Å². The molecule has 0 bridgehead atoms. The van der Waals surface area contributed by atoms with Gasteiger partial charge >= 0.3 is 5.97 Å². The normalized spacial score (nSPS) is 14.1. The maximum absolute atomic E-state index is 10.9. The first-order valence-corrected chi connectivity index (χ1v) is 6.27. The molecular weight excluding hydrogens is 202 g/mol. The predicted octanol–water partition coefficient (Wildman–Crippen LogP) is 3.00. The van der Waals surface area contributed by atoms with Crippen LogP contribution in [0.25, 0.3) is 0 Å². The van der Waals surface area contributed by atoms with E-state index in [0.29, 0.717) is 6.54 Å². The van der Waals surface area contributed by atoms with Gasteiger partial charge in [0.25, 0.3) is 0 Å². The fraction of sp³-hybridized carbons (Fsp3) is 0.923. The zero-order valence-corrected chi connectivity index (χ0v) is 11.4. The number of carbonyl (C=O) groups is 1. The first-order valence-electron chi connectivity index (χ1n) is 6.27. The molecule has 0 saturated heterocycles. The molecule has 0 fully saturated rings. The molecule has 1 atom stereocenters. The molecule has 0 rings (SSSR count). The smallest absolute Gasteiger partial charge is 0.307 e. The summed E-state index contributed by atoms with van der Waals surface area (Å²) in [5.74, 6) is -0.995. The SMILES string of the molecule is CCCCCN(CC(C)C(=O)O)C(C)(C)C. The molecule has 1 unspecified atom stereocenters. The molecule has 1 N–H and O–H groups in total. The Morgan fingerprint density at radius 2 is 1.88 bits per heavy atom. The van der Waals surface area contributed by atoms with Crippen molar-refractivity contribution >= 4 is 5.97 Å². The molecule has 0 aliphatic heterocycles. The maximum atomic E-state index is 10.9. The van der Waals surface area contributed by atoms with Crippen molar-refractivity contribution in [3.8, 4) is 0 Å². The number of rotatable bonds is 7. The summed E-state index contributed by atoms with van der Waals surface area (Å²) in [6.45, 7) is 12.0. The Kier molecular flexibility index (Phi) is 6.65. The van der Waals surface area contributed by atoms with Gasteiger partial charge in [-0.2, -0.15) is 0 Å². The molecule has 0 saturated carbocycles. The van der Waals surface area contributed by atoms with Crippen LogP contribution in [0.1, 0.15) is 53.9 Å². The minimum atomic E-state index is -0.704. The molecule has 0 spiro atoms. The van der Waals surface area contributed by atoms with Crippen LogP contribution in [0.3, 0.4) is 0 Å². The van der Waals surface area contributed by atoms with Gasteiger partial charge in [0, 0.05) is 12.1 Å². The molecule has 3 heteroatoms. The monoisotopic (exact) mass is 229 g/mol. The van der Waals surface area contributed by atoms with Crippen LogP contribution < -0.4 is 0 Å². The lowest BCUT2D eigenvalue weighted by Gasteiger charge is -2.36. The second kappa shape index (κ2) is 6.89. The average Bonchev–Trinajstić information content (AvgIpc) is 2.14. The molecule has 3 nitrogen and oxygen atoms in total. The van der Waals surface area contributed by atoms with Crippen molar-refractivity contribution in [1.82, 2.24) is 4.90 Å². The van der Waals surface area contributed by atoms with E-state index in [9.17, 15) is 4.79 Å². The number of aliphatic carboxylic acids is 1. The number of carboxylic acid groups (broad SMARTS) is 1. The van der Waals surface area contributed by atoms with Crippen LogP contribution in [0.5, 0.6) is 0 Å². The van der Waals surface area contributed by atoms with Crippen molar-refractivity contribution in [1.29, 1.82) is 0 Å². The van der Waals surface area contributed by atoms with E-state index in [2.05, 4.69) is 32.6 Å². The summed E-state index contributed by atoms with van der Waals surface area (Å²) in [7, 11) is 0. The summed E-state index contributed by atoms with van der Waals surface area (Å²) in [5, 5.41) is 8.94. The molecule has 0 aromatic heterocycles. The number of carboxylic acids is 1. The second-order valence-electron chi connectivity index (χ2n) is 5.56. The maximum Gasteiger partial charge on any atom is 0.307 e. The van der Waals surface area contributed by atoms with Gasteiger partial charge in [-0.15, -0.1) is 0 Å². The van der Waals surface area contributed by atoms with Crippen molar-refractivity contribution < 1.29 is 9.90 Å². The Balaban J connectivity index is 4.27. The van der Waals surface area contributed by atoms with E-state index in [1.807, 2.05) is 0 Å². The lowest BCUT2D eigenvalue weighted by atomic mass is 10.0. The van der Waals surface area contributed by atoms with E-state index < -0.39 is 5.97 Å². The fourth-order valence-electron chi connectivity index (χ4n) is 1.66. The summed E-state index contributed by atoms with van der Waals surface area (Å²) in [6, 6.07) is 0. The fourth-order valence-corrected chi connectivity index (χ4v) is 1.66. The van der Waals surface area contributed by atoms with Crippen molar-refractivity contribution in [2.24, 2.45) is 5.92 Å². The molecule has 0 aromatic rings. The highest BCUT2D eigenvalue weighted by Gasteiger charge is 2.24. The minimum Gasteiger partial charge on any atom is -0.481 e. The molecule has 0 aromatic carbocycles. The Hall–Kier alpha value is -0.570. The molecule has 0 heterocycles. The molecule has 96 valence electrons. The zero-order valence-electron chi connectivity index (χ0n) is 11.4. The van der Waals surface area contributed by atoms with Crippen LogP contribution in [-0.2, 0) is 4.79 Å². The first kappa shape index (κ1) is 15.4. The largest absolute Gasteiger partial charge is 0.481 e. The van der Waals surface area contributed by atoms with Crippen LogP contribution in [0.2, 0.25) is 0 Å². The lowest BCUT2D eigenvalue weighted by molar-refractivity contribution is -0.142. The van der Waals surface area contributed by atoms with Gasteiger partial charge in [-0.3, -0.25) is 9.69 Å². The summed E-state index contributed by atoms with van der Waals surface area (Å²) >= 11 is 0. The average molecular weight is 229 g/mol. The van der Waals surface area contributed by atoms with Crippen LogP contribution in [0.4, 0.5) is 0 Å². The van der Waals surface area contributed by atoms with Crippen molar-refractivity contribution in [3.63, 3.8) is 0 Å².